The molecule has 0 spiro atoms. The van der Waals surface area contributed by atoms with Gasteiger partial charge in [-0.25, -0.2) is 14.8 Å². The van der Waals surface area contributed by atoms with Gasteiger partial charge in [-0.2, -0.15) is 0 Å². The van der Waals surface area contributed by atoms with E-state index in [9.17, 15) is 4.79 Å². The van der Waals surface area contributed by atoms with E-state index in [1.807, 2.05) is 13.8 Å². The largest absolute Gasteiger partial charge is 0.378 e. The zero-order valence-electron chi connectivity index (χ0n) is 19.1. The zero-order chi connectivity index (χ0) is 22.0. The van der Waals surface area contributed by atoms with E-state index < -0.39 is 0 Å². The second kappa shape index (κ2) is 9.22. The van der Waals surface area contributed by atoms with Gasteiger partial charge in [0.1, 0.15) is 5.82 Å². The van der Waals surface area contributed by atoms with Gasteiger partial charge in [0.05, 0.1) is 5.69 Å². The molecule has 7 heteroatoms. The Morgan fingerprint density at radius 2 is 1.97 bits per heavy atom. The van der Waals surface area contributed by atoms with Gasteiger partial charge in [0.25, 0.3) is 0 Å². The number of piperidine rings is 3. The van der Waals surface area contributed by atoms with E-state index in [4.69, 9.17) is 9.97 Å². The summed E-state index contributed by atoms with van der Waals surface area (Å²) in [6.45, 7) is 7.39. The van der Waals surface area contributed by atoms with Crippen molar-refractivity contribution in [3.63, 3.8) is 0 Å². The van der Waals surface area contributed by atoms with Crippen LogP contribution < -0.4 is 15.5 Å². The molecule has 3 aliphatic rings. The Balaban J connectivity index is 1.49. The first-order chi connectivity index (χ1) is 14.9. The van der Waals surface area contributed by atoms with Crippen LogP contribution >= 0.6 is 0 Å². The van der Waals surface area contributed by atoms with Crippen LogP contribution in [0, 0.1) is 12.8 Å². The highest BCUT2D eigenvalue weighted by molar-refractivity contribution is 5.73. The van der Waals surface area contributed by atoms with E-state index in [1.165, 1.54) is 12.1 Å². The van der Waals surface area contributed by atoms with Crippen LogP contribution in [0.25, 0.3) is 11.3 Å². The molecule has 0 radical (unpaired) electrons. The lowest BCUT2D eigenvalue weighted by atomic mass is 9.74. The highest BCUT2D eigenvalue weighted by atomic mass is 16.2. The van der Waals surface area contributed by atoms with Crippen LogP contribution in [0.5, 0.6) is 0 Å². The lowest BCUT2D eigenvalue weighted by Gasteiger charge is -2.49. The van der Waals surface area contributed by atoms with Crippen LogP contribution in [0.1, 0.15) is 37.2 Å². The number of benzene rings is 1. The fourth-order valence-corrected chi connectivity index (χ4v) is 4.98. The van der Waals surface area contributed by atoms with Gasteiger partial charge in [-0.1, -0.05) is 12.1 Å². The number of nitrogens with one attached hydrogen (secondary N) is 2. The molecule has 5 rings (SSSR count). The predicted molar refractivity (Wildman–Crippen MR) is 124 cm³/mol. The van der Waals surface area contributed by atoms with Crippen LogP contribution in [0.3, 0.4) is 0 Å². The number of amides is 2. The first-order valence-electron chi connectivity index (χ1n) is 11.3. The molecule has 1 aromatic carbocycles. The number of aromatic nitrogens is 2. The molecule has 4 heterocycles. The quantitative estimate of drug-likeness (QED) is 0.749. The maximum absolute atomic E-state index is 11.8. The molecular formula is C24H34N6O. The minimum atomic E-state index is -0.0713. The summed E-state index contributed by atoms with van der Waals surface area (Å²) in [5.41, 5.74) is 4.46. The molecule has 2 bridgehead atoms. The number of rotatable bonds is 6. The zero-order valence-corrected chi connectivity index (χ0v) is 19.1. The third-order valence-electron chi connectivity index (χ3n) is 6.63. The van der Waals surface area contributed by atoms with Crippen molar-refractivity contribution >= 4 is 11.7 Å². The van der Waals surface area contributed by atoms with Gasteiger partial charge < -0.3 is 15.5 Å². The molecule has 166 valence electrons. The van der Waals surface area contributed by atoms with E-state index in [2.05, 4.69) is 64.9 Å². The fourth-order valence-electron chi connectivity index (χ4n) is 4.98. The van der Waals surface area contributed by atoms with Crippen molar-refractivity contribution in [3.8, 4) is 11.3 Å². The van der Waals surface area contributed by atoms with Crippen LogP contribution in [0.15, 0.2) is 30.3 Å². The molecule has 3 fully saturated rings. The predicted octanol–water partition coefficient (Wildman–Crippen LogP) is 3.01. The molecule has 1 aromatic heterocycles. The van der Waals surface area contributed by atoms with Crippen molar-refractivity contribution < 1.29 is 4.79 Å². The summed E-state index contributed by atoms with van der Waals surface area (Å²) in [4.78, 5) is 26.0. The van der Waals surface area contributed by atoms with Crippen LogP contribution in [-0.2, 0) is 0 Å². The van der Waals surface area contributed by atoms with Gasteiger partial charge in [0.2, 0.25) is 0 Å². The maximum atomic E-state index is 11.8. The molecule has 1 unspecified atom stereocenters. The van der Waals surface area contributed by atoms with Crippen molar-refractivity contribution in [2.24, 2.45) is 5.92 Å². The molecule has 2 aromatic rings. The molecule has 31 heavy (non-hydrogen) atoms. The summed E-state index contributed by atoms with van der Waals surface area (Å²) in [5, 5.41) is 5.84. The van der Waals surface area contributed by atoms with Crippen molar-refractivity contribution in [1.82, 2.24) is 25.5 Å². The average Bonchev–Trinajstić information content (AvgIpc) is 2.78. The van der Waals surface area contributed by atoms with E-state index in [0.29, 0.717) is 31.0 Å². The molecule has 0 saturated carbocycles. The second-order valence-electron chi connectivity index (χ2n) is 8.95. The number of fused-ring (bicyclic) bond motifs is 3. The van der Waals surface area contributed by atoms with Gasteiger partial charge in [0, 0.05) is 62.6 Å². The van der Waals surface area contributed by atoms with Crippen molar-refractivity contribution in [1.29, 1.82) is 0 Å². The van der Waals surface area contributed by atoms with Crippen LogP contribution in [0.2, 0.25) is 0 Å². The molecule has 0 aliphatic carbocycles. The molecule has 3 saturated heterocycles. The number of carbonyl (C=O) groups excluding carboxylic acids is 1. The summed E-state index contributed by atoms with van der Waals surface area (Å²) in [5.74, 6) is 1.86. The Morgan fingerprint density at radius 1 is 1.19 bits per heavy atom. The molecule has 4 atom stereocenters. The smallest absolute Gasteiger partial charge is 0.314 e. The lowest BCUT2D eigenvalue weighted by molar-refractivity contribution is 0.0305. The normalized spacial score (nSPS) is 24.6. The number of hydrogen-bond acceptors (Lipinski definition) is 5. The first-order valence-corrected chi connectivity index (χ1v) is 11.3. The molecule has 3 aliphatic heterocycles. The van der Waals surface area contributed by atoms with E-state index in [0.717, 1.165) is 42.3 Å². The summed E-state index contributed by atoms with van der Waals surface area (Å²) in [7, 11) is 4.10. The standard InChI is InChI=1S/C24H34N6O/c1-5-25-24(31)26-14-20-12-18-10-11-30(20)15-21(18)23-13-22(27-16(2)28-23)17-6-8-19(9-7-17)29(3)4/h6-9,13,18,20-21H,5,10-12,14-15H2,1-4H3,(H2,25,26,31)/t18-,20-,21+/m1/s1. The topological polar surface area (TPSA) is 73.4 Å². The van der Waals surface area contributed by atoms with E-state index in [1.54, 1.807) is 0 Å². The highest BCUT2D eigenvalue weighted by Crippen LogP contribution is 2.41. The third kappa shape index (κ3) is 4.82. The monoisotopic (exact) mass is 422 g/mol. The molecular weight excluding hydrogens is 388 g/mol. The van der Waals surface area contributed by atoms with Gasteiger partial charge in [-0.15, -0.1) is 0 Å². The van der Waals surface area contributed by atoms with Crippen molar-refractivity contribution in [3.05, 3.63) is 41.9 Å². The number of anilines is 1. The molecule has 7 nitrogen and oxygen atoms in total. The van der Waals surface area contributed by atoms with Crippen LogP contribution in [0.4, 0.5) is 10.5 Å². The third-order valence-corrected chi connectivity index (χ3v) is 6.63. The van der Waals surface area contributed by atoms with E-state index in [-0.39, 0.29) is 6.03 Å². The number of urea groups is 1. The summed E-state index contributed by atoms with van der Waals surface area (Å²) >= 11 is 0. The number of aryl methyl sites for hydroxylation is 1. The fraction of sp³-hybridized carbons (Fsp3) is 0.542. The lowest BCUT2D eigenvalue weighted by Crippen LogP contribution is -2.56. The second-order valence-corrected chi connectivity index (χ2v) is 8.95. The Bertz CT molecular complexity index is 913. The van der Waals surface area contributed by atoms with Gasteiger partial charge in [-0.3, -0.25) is 4.90 Å². The summed E-state index contributed by atoms with van der Waals surface area (Å²) < 4.78 is 0. The Morgan fingerprint density at radius 3 is 2.61 bits per heavy atom. The highest BCUT2D eigenvalue weighted by Gasteiger charge is 2.41. The summed E-state index contributed by atoms with van der Waals surface area (Å²) in [6, 6.07) is 11.1. The Hall–Kier alpha value is -2.67. The molecule has 2 N–H and O–H groups in total. The number of hydrogen-bond donors (Lipinski definition) is 2. The van der Waals surface area contributed by atoms with Crippen molar-refractivity contribution in [2.45, 2.75) is 38.6 Å². The first kappa shape index (κ1) is 21.6. The minimum absolute atomic E-state index is 0.0713. The van der Waals surface area contributed by atoms with Crippen molar-refractivity contribution in [2.75, 3.05) is 45.2 Å². The number of nitrogens with zero attached hydrogens (tertiary/aromatic N) is 4. The van der Waals surface area contributed by atoms with Gasteiger partial charge in [0.15, 0.2) is 0 Å². The SMILES string of the molecule is CCNC(=O)NC[C@H]1C[C@H]2CCN1C[C@@H]2c1cc(-c2ccc(N(C)C)cc2)nc(C)n1. The van der Waals surface area contributed by atoms with E-state index >= 15 is 0 Å². The van der Waals surface area contributed by atoms with Gasteiger partial charge >= 0.3 is 6.03 Å². The maximum Gasteiger partial charge on any atom is 0.314 e. The van der Waals surface area contributed by atoms with Gasteiger partial charge in [-0.05, 0) is 57.4 Å². The Kier molecular flexibility index (Phi) is 6.41. The van der Waals surface area contributed by atoms with Crippen LogP contribution in [-0.4, -0.2) is 67.2 Å². The average molecular weight is 423 g/mol. The molecule has 2 amide bonds. The Labute approximate surface area is 185 Å². The summed E-state index contributed by atoms with van der Waals surface area (Å²) in [6.07, 6.45) is 2.30. The minimum Gasteiger partial charge on any atom is -0.378 e. The number of carbonyl (C=O) groups is 1.